The normalized spacial score (nSPS) is 15.0. The molecule has 3 N–H and O–H groups in total. The largest absolute Gasteiger partial charge is 0.387 e. The van der Waals surface area contributed by atoms with Crippen LogP contribution in [0, 0.1) is 12.3 Å². The van der Waals surface area contributed by atoms with Gasteiger partial charge in [-0.25, -0.2) is 4.99 Å². The average Bonchev–Trinajstić information content (AvgIpc) is 2.65. The number of anilines is 1. The van der Waals surface area contributed by atoms with E-state index < -0.39 is 0 Å². The second-order valence-corrected chi connectivity index (χ2v) is 6.04. The minimum atomic E-state index is 0.654. The molecule has 2 rings (SSSR count). The standard InChI is InChI=1S/C20H28N6/c1-5-7-11-26(10-6-2)20-13-18(24-19(25-20)8-9-21)17-12-16(22-4)14-23-15(17)3/h5,8-9,12-14,21-22,25H,1,6-7,10-11H2,2-4H3/b19-8-,21-9?. The van der Waals surface area contributed by atoms with E-state index in [1.54, 1.807) is 6.08 Å². The van der Waals surface area contributed by atoms with Gasteiger partial charge in [0.15, 0.2) is 0 Å². The molecule has 0 radical (unpaired) electrons. The highest BCUT2D eigenvalue weighted by Gasteiger charge is 2.18. The number of rotatable bonds is 9. The molecule has 0 saturated heterocycles. The first-order chi connectivity index (χ1) is 12.6. The maximum Gasteiger partial charge on any atom is 0.133 e. The summed E-state index contributed by atoms with van der Waals surface area (Å²) >= 11 is 0. The molecule has 0 bridgehead atoms. The first-order valence-electron chi connectivity index (χ1n) is 8.91. The molecule has 0 atom stereocenters. The second-order valence-electron chi connectivity index (χ2n) is 6.04. The summed E-state index contributed by atoms with van der Waals surface area (Å²) in [6.07, 6.45) is 10.7. The van der Waals surface area contributed by atoms with Gasteiger partial charge in [-0.1, -0.05) is 13.0 Å². The minimum absolute atomic E-state index is 0.654. The molecule has 1 aromatic rings. The monoisotopic (exact) mass is 352 g/mol. The Kier molecular flexibility index (Phi) is 7.14. The molecule has 0 saturated carbocycles. The number of nitrogens with one attached hydrogen (secondary N) is 3. The number of hydrogen-bond donors (Lipinski definition) is 3. The number of pyridine rings is 1. The smallest absolute Gasteiger partial charge is 0.133 e. The van der Waals surface area contributed by atoms with Crippen LogP contribution in [0.25, 0.3) is 0 Å². The Morgan fingerprint density at radius 3 is 2.85 bits per heavy atom. The van der Waals surface area contributed by atoms with Crippen LogP contribution in [-0.2, 0) is 0 Å². The molecule has 26 heavy (non-hydrogen) atoms. The molecule has 1 aromatic heterocycles. The van der Waals surface area contributed by atoms with E-state index in [1.165, 1.54) is 6.21 Å². The van der Waals surface area contributed by atoms with Crippen LogP contribution in [0.4, 0.5) is 5.69 Å². The summed E-state index contributed by atoms with van der Waals surface area (Å²) in [6, 6.07) is 2.05. The van der Waals surface area contributed by atoms with Gasteiger partial charge in [-0.15, -0.1) is 6.58 Å². The fourth-order valence-electron chi connectivity index (χ4n) is 2.75. The molecule has 0 spiro atoms. The Bertz CT molecular complexity index is 745. The number of allylic oxidation sites excluding steroid dienone is 2. The van der Waals surface area contributed by atoms with Crippen molar-refractivity contribution in [1.29, 1.82) is 5.41 Å². The maximum absolute atomic E-state index is 7.40. The van der Waals surface area contributed by atoms with E-state index >= 15 is 0 Å². The zero-order valence-corrected chi connectivity index (χ0v) is 15.8. The fraction of sp³-hybridized carbons (Fsp3) is 0.350. The third-order valence-electron chi connectivity index (χ3n) is 4.10. The first kappa shape index (κ1) is 19.4. The zero-order valence-electron chi connectivity index (χ0n) is 15.8. The minimum Gasteiger partial charge on any atom is -0.387 e. The molecule has 2 heterocycles. The van der Waals surface area contributed by atoms with Crippen LogP contribution in [0.15, 0.2) is 53.7 Å². The van der Waals surface area contributed by atoms with Crippen LogP contribution in [0.2, 0.25) is 0 Å². The van der Waals surface area contributed by atoms with E-state index in [0.717, 1.165) is 54.4 Å². The summed E-state index contributed by atoms with van der Waals surface area (Å²) in [5, 5.41) is 13.9. The van der Waals surface area contributed by atoms with Gasteiger partial charge in [-0.05, 0) is 31.9 Å². The summed E-state index contributed by atoms with van der Waals surface area (Å²) in [5.41, 5.74) is 3.68. The third kappa shape index (κ3) is 4.81. The van der Waals surface area contributed by atoms with Gasteiger partial charge in [0.25, 0.3) is 0 Å². The van der Waals surface area contributed by atoms with Gasteiger partial charge in [-0.3, -0.25) is 4.98 Å². The van der Waals surface area contributed by atoms with Crippen molar-refractivity contribution in [2.75, 3.05) is 25.5 Å². The van der Waals surface area contributed by atoms with Crippen LogP contribution in [-0.4, -0.2) is 41.9 Å². The zero-order chi connectivity index (χ0) is 18.9. The molecule has 138 valence electrons. The molecular weight excluding hydrogens is 324 g/mol. The average molecular weight is 352 g/mol. The van der Waals surface area contributed by atoms with Crippen molar-refractivity contribution >= 4 is 17.6 Å². The van der Waals surface area contributed by atoms with Gasteiger partial charge in [0.2, 0.25) is 0 Å². The Morgan fingerprint density at radius 1 is 1.38 bits per heavy atom. The number of aliphatic imine (C=N–C) groups is 1. The number of aryl methyl sites for hydroxylation is 1. The van der Waals surface area contributed by atoms with E-state index in [1.807, 2.05) is 26.2 Å². The van der Waals surface area contributed by atoms with E-state index in [2.05, 4.69) is 51.2 Å². The first-order valence-corrected chi connectivity index (χ1v) is 8.91. The van der Waals surface area contributed by atoms with Crippen LogP contribution >= 0.6 is 0 Å². The van der Waals surface area contributed by atoms with Gasteiger partial charge in [0, 0.05) is 43.7 Å². The van der Waals surface area contributed by atoms with Crippen molar-refractivity contribution in [3.8, 4) is 0 Å². The summed E-state index contributed by atoms with van der Waals surface area (Å²) in [7, 11) is 1.88. The van der Waals surface area contributed by atoms with Crippen LogP contribution in [0.1, 0.15) is 31.0 Å². The van der Waals surface area contributed by atoms with E-state index in [-0.39, 0.29) is 0 Å². The van der Waals surface area contributed by atoms with E-state index in [9.17, 15) is 0 Å². The number of nitrogens with zero attached hydrogens (tertiary/aromatic N) is 3. The third-order valence-corrected chi connectivity index (χ3v) is 4.10. The van der Waals surface area contributed by atoms with Gasteiger partial charge >= 0.3 is 0 Å². The van der Waals surface area contributed by atoms with Crippen molar-refractivity contribution in [1.82, 2.24) is 15.2 Å². The highest BCUT2D eigenvalue weighted by molar-refractivity contribution is 6.11. The van der Waals surface area contributed by atoms with Gasteiger partial charge in [0.05, 0.1) is 17.6 Å². The predicted octanol–water partition coefficient (Wildman–Crippen LogP) is 3.44. The Labute approximate surface area is 155 Å². The predicted molar refractivity (Wildman–Crippen MR) is 110 cm³/mol. The van der Waals surface area contributed by atoms with E-state index in [0.29, 0.717) is 5.82 Å². The Hall–Kier alpha value is -2.89. The van der Waals surface area contributed by atoms with Gasteiger partial charge < -0.3 is 20.9 Å². The summed E-state index contributed by atoms with van der Waals surface area (Å²) in [6.45, 7) is 9.79. The molecule has 1 aliphatic rings. The highest BCUT2D eigenvalue weighted by atomic mass is 15.3. The lowest BCUT2D eigenvalue weighted by Crippen LogP contribution is -2.35. The molecule has 0 fully saturated rings. The van der Waals surface area contributed by atoms with Crippen molar-refractivity contribution in [3.63, 3.8) is 0 Å². The van der Waals surface area contributed by atoms with Crippen molar-refractivity contribution in [2.24, 2.45) is 4.99 Å². The quantitative estimate of drug-likeness (QED) is 0.470. The molecule has 0 aromatic carbocycles. The topological polar surface area (TPSA) is 76.4 Å². The van der Waals surface area contributed by atoms with Gasteiger partial charge in [-0.2, -0.15) is 0 Å². The summed E-state index contributed by atoms with van der Waals surface area (Å²) in [4.78, 5) is 11.4. The van der Waals surface area contributed by atoms with Crippen molar-refractivity contribution < 1.29 is 0 Å². The second kappa shape index (κ2) is 9.56. The lowest BCUT2D eigenvalue weighted by molar-refractivity contribution is 0.331. The van der Waals surface area contributed by atoms with Crippen LogP contribution in [0.5, 0.6) is 0 Å². The molecule has 6 nitrogen and oxygen atoms in total. The Morgan fingerprint density at radius 2 is 2.19 bits per heavy atom. The lowest BCUT2D eigenvalue weighted by atomic mass is 10.1. The SMILES string of the molecule is C=CCCN(CCC)C1=CC(c2cc(NC)cnc2C)=N/C(=C/C=N)N1. The number of hydrogen-bond acceptors (Lipinski definition) is 6. The molecule has 0 amide bonds. The Balaban J connectivity index is 2.47. The molecule has 0 aliphatic carbocycles. The molecule has 0 unspecified atom stereocenters. The molecule has 1 aliphatic heterocycles. The fourth-order valence-corrected chi connectivity index (χ4v) is 2.75. The van der Waals surface area contributed by atoms with Crippen LogP contribution < -0.4 is 10.6 Å². The molecular formula is C20H28N6. The maximum atomic E-state index is 7.40. The summed E-state index contributed by atoms with van der Waals surface area (Å²) in [5.74, 6) is 1.64. The molecule has 6 heteroatoms. The lowest BCUT2D eigenvalue weighted by Gasteiger charge is -2.30. The summed E-state index contributed by atoms with van der Waals surface area (Å²) < 4.78 is 0. The number of aromatic nitrogens is 1. The van der Waals surface area contributed by atoms with Gasteiger partial charge in [0.1, 0.15) is 11.6 Å². The highest BCUT2D eigenvalue weighted by Crippen LogP contribution is 2.20. The van der Waals surface area contributed by atoms with Crippen molar-refractivity contribution in [2.45, 2.75) is 26.7 Å². The van der Waals surface area contributed by atoms with Crippen molar-refractivity contribution in [3.05, 3.63) is 60.0 Å². The van der Waals surface area contributed by atoms with Crippen LogP contribution in [0.3, 0.4) is 0 Å². The van der Waals surface area contributed by atoms with E-state index in [4.69, 9.17) is 5.41 Å².